The van der Waals surface area contributed by atoms with Crippen LogP contribution in [0.25, 0.3) is 0 Å². The van der Waals surface area contributed by atoms with Crippen LogP contribution in [0.1, 0.15) is 13.3 Å². The van der Waals surface area contributed by atoms with E-state index in [1.807, 2.05) is 6.92 Å². The van der Waals surface area contributed by atoms with E-state index in [1.54, 1.807) is 0 Å². The highest BCUT2D eigenvalue weighted by atomic mass is 79.9. The first kappa shape index (κ1) is 12.7. The summed E-state index contributed by atoms with van der Waals surface area (Å²) in [5.74, 6) is 0. The van der Waals surface area contributed by atoms with Crippen molar-refractivity contribution in [1.82, 2.24) is 14.5 Å². The van der Waals surface area contributed by atoms with Crippen LogP contribution in [-0.4, -0.2) is 41.3 Å². The number of nitrogens with zero attached hydrogens (tertiary/aromatic N) is 2. The average Bonchev–Trinajstić information content (AvgIpc) is 2.72. The lowest BCUT2D eigenvalue weighted by molar-refractivity contribution is 0.426. The summed E-state index contributed by atoms with van der Waals surface area (Å²) in [6.45, 7) is 2.81. The molecule has 86 valence electrons. The minimum absolute atomic E-state index is 0.152. The second-order valence-electron chi connectivity index (χ2n) is 2.96. The van der Waals surface area contributed by atoms with Crippen LogP contribution in [0, 0.1) is 0 Å². The molecule has 5 nitrogen and oxygen atoms in total. The van der Waals surface area contributed by atoms with Crippen molar-refractivity contribution in [2.75, 3.05) is 18.4 Å². The Kier molecular flexibility index (Phi) is 4.75. The van der Waals surface area contributed by atoms with E-state index in [1.165, 1.54) is 16.6 Å². The zero-order valence-corrected chi connectivity index (χ0v) is 10.9. The molecule has 1 heterocycles. The summed E-state index contributed by atoms with van der Waals surface area (Å²) in [6, 6.07) is 1.46. The van der Waals surface area contributed by atoms with Crippen LogP contribution in [0.4, 0.5) is 0 Å². The molecule has 0 unspecified atom stereocenters. The first-order chi connectivity index (χ1) is 7.12. The van der Waals surface area contributed by atoms with Gasteiger partial charge in [-0.25, -0.2) is 8.42 Å². The number of aromatic nitrogens is 2. The third-order valence-corrected chi connectivity index (χ3v) is 4.45. The molecule has 0 radical (unpaired) electrons. The van der Waals surface area contributed by atoms with Crippen LogP contribution in [0.2, 0.25) is 0 Å². The summed E-state index contributed by atoms with van der Waals surface area (Å²) in [6.07, 6.45) is 2.23. The third kappa shape index (κ3) is 3.02. The van der Waals surface area contributed by atoms with Gasteiger partial charge in [0, 0.05) is 18.4 Å². The van der Waals surface area contributed by atoms with Crippen LogP contribution in [0.3, 0.4) is 0 Å². The fraction of sp³-hybridized carbons (Fsp3) is 0.625. The fourth-order valence-electron chi connectivity index (χ4n) is 1.21. The molecule has 0 aliphatic heterocycles. The Hall–Kier alpha value is -0.400. The Morgan fingerprint density at radius 1 is 1.60 bits per heavy atom. The molecule has 7 heteroatoms. The first-order valence-electron chi connectivity index (χ1n) is 4.68. The van der Waals surface area contributed by atoms with Crippen molar-refractivity contribution < 1.29 is 8.42 Å². The van der Waals surface area contributed by atoms with E-state index >= 15 is 0 Å². The first-order valence-corrected chi connectivity index (χ1v) is 7.24. The predicted molar refractivity (Wildman–Crippen MR) is 61.4 cm³/mol. The highest BCUT2D eigenvalue weighted by molar-refractivity contribution is 9.09. The molecule has 0 aliphatic rings. The van der Waals surface area contributed by atoms with Crippen molar-refractivity contribution in [1.29, 1.82) is 0 Å². The molecular weight excluding hydrogens is 282 g/mol. The van der Waals surface area contributed by atoms with Crippen molar-refractivity contribution in [3.63, 3.8) is 0 Å². The van der Waals surface area contributed by atoms with E-state index in [9.17, 15) is 8.42 Å². The van der Waals surface area contributed by atoms with Crippen molar-refractivity contribution in [3.8, 4) is 0 Å². The molecular formula is C8H14BrN3O2S. The number of sulfonamides is 1. The molecule has 0 amide bonds. The molecule has 0 bridgehead atoms. The van der Waals surface area contributed by atoms with Crippen LogP contribution in [0.5, 0.6) is 0 Å². The zero-order valence-electron chi connectivity index (χ0n) is 8.48. The summed E-state index contributed by atoms with van der Waals surface area (Å²) in [5, 5.41) is 7.07. The lowest BCUT2D eigenvalue weighted by Crippen LogP contribution is -2.32. The monoisotopic (exact) mass is 295 g/mol. The van der Waals surface area contributed by atoms with E-state index in [0.29, 0.717) is 13.1 Å². The lowest BCUT2D eigenvalue weighted by atomic mass is 10.5. The van der Waals surface area contributed by atoms with Gasteiger partial charge >= 0.3 is 0 Å². The molecule has 0 aromatic carbocycles. The molecule has 0 saturated heterocycles. The van der Waals surface area contributed by atoms with Gasteiger partial charge in [0.2, 0.25) is 0 Å². The maximum atomic E-state index is 12.0. The van der Waals surface area contributed by atoms with Gasteiger partial charge in [0.15, 0.2) is 5.03 Å². The van der Waals surface area contributed by atoms with E-state index in [4.69, 9.17) is 0 Å². The van der Waals surface area contributed by atoms with Gasteiger partial charge in [0.1, 0.15) is 0 Å². The van der Waals surface area contributed by atoms with Gasteiger partial charge in [0.25, 0.3) is 10.0 Å². The number of hydrogen-bond acceptors (Lipinski definition) is 3. The van der Waals surface area contributed by atoms with Gasteiger partial charge in [0.05, 0.1) is 6.20 Å². The van der Waals surface area contributed by atoms with Crippen molar-refractivity contribution in [3.05, 3.63) is 12.3 Å². The third-order valence-electron chi connectivity index (χ3n) is 1.99. The summed E-state index contributed by atoms with van der Waals surface area (Å²) >= 11 is 3.28. The second-order valence-corrected chi connectivity index (χ2v) is 5.66. The van der Waals surface area contributed by atoms with Crippen LogP contribution in [0.15, 0.2) is 17.3 Å². The van der Waals surface area contributed by atoms with E-state index in [0.717, 1.165) is 11.8 Å². The molecule has 1 N–H and O–H groups in total. The molecule has 0 aliphatic carbocycles. The maximum absolute atomic E-state index is 12.0. The maximum Gasteiger partial charge on any atom is 0.259 e. The van der Waals surface area contributed by atoms with Gasteiger partial charge in [-0.15, -0.1) is 0 Å². The van der Waals surface area contributed by atoms with Crippen LogP contribution < -0.4 is 0 Å². The van der Waals surface area contributed by atoms with Crippen LogP contribution in [-0.2, 0) is 10.0 Å². The number of alkyl halides is 1. The Morgan fingerprint density at radius 3 is 2.80 bits per heavy atom. The zero-order chi connectivity index (χ0) is 11.3. The highest BCUT2D eigenvalue weighted by Gasteiger charge is 2.23. The fourth-order valence-corrected chi connectivity index (χ4v) is 2.85. The number of halogens is 1. The molecule has 15 heavy (non-hydrogen) atoms. The summed E-state index contributed by atoms with van der Waals surface area (Å²) < 4.78 is 25.4. The quantitative estimate of drug-likeness (QED) is 0.802. The number of H-pyrrole nitrogens is 1. The standard InChI is InChI=1S/C8H14BrN3O2S/c1-2-12(7-3-5-9)15(13,14)8-4-6-10-11-8/h4,6H,2-3,5,7H2,1H3,(H,10,11). The number of aromatic amines is 1. The van der Waals surface area contributed by atoms with Gasteiger partial charge in [-0.05, 0) is 12.5 Å². The SMILES string of the molecule is CCN(CCCBr)S(=O)(=O)c1ccn[nH]1. The molecule has 0 fully saturated rings. The van der Waals surface area contributed by atoms with E-state index in [-0.39, 0.29) is 5.03 Å². The van der Waals surface area contributed by atoms with Gasteiger partial charge in [-0.3, -0.25) is 5.10 Å². The minimum atomic E-state index is -3.39. The van der Waals surface area contributed by atoms with Crippen LogP contribution >= 0.6 is 15.9 Å². The number of hydrogen-bond donors (Lipinski definition) is 1. The average molecular weight is 296 g/mol. The number of nitrogens with one attached hydrogen (secondary N) is 1. The lowest BCUT2D eigenvalue weighted by Gasteiger charge is -2.18. The van der Waals surface area contributed by atoms with E-state index in [2.05, 4.69) is 26.1 Å². The predicted octanol–water partition coefficient (Wildman–Crippen LogP) is 1.21. The van der Waals surface area contributed by atoms with Gasteiger partial charge < -0.3 is 0 Å². The summed E-state index contributed by atoms with van der Waals surface area (Å²) in [7, 11) is -3.39. The second kappa shape index (κ2) is 5.62. The Bertz CT molecular complexity index is 377. The molecule has 0 spiro atoms. The van der Waals surface area contributed by atoms with Crippen molar-refractivity contribution in [2.24, 2.45) is 0 Å². The highest BCUT2D eigenvalue weighted by Crippen LogP contribution is 2.12. The molecule has 0 atom stereocenters. The molecule has 1 aromatic heterocycles. The summed E-state index contributed by atoms with van der Waals surface area (Å²) in [5.41, 5.74) is 0. The molecule has 0 saturated carbocycles. The van der Waals surface area contributed by atoms with Crippen molar-refractivity contribution >= 4 is 26.0 Å². The normalized spacial score (nSPS) is 12.2. The largest absolute Gasteiger partial charge is 0.266 e. The van der Waals surface area contributed by atoms with Crippen molar-refractivity contribution in [2.45, 2.75) is 18.4 Å². The Labute approximate surface area is 98.0 Å². The molecule has 1 rings (SSSR count). The minimum Gasteiger partial charge on any atom is -0.266 e. The Balaban J connectivity index is 2.83. The summed E-state index contributed by atoms with van der Waals surface area (Å²) in [4.78, 5) is 0. The van der Waals surface area contributed by atoms with Gasteiger partial charge in [-0.1, -0.05) is 22.9 Å². The topological polar surface area (TPSA) is 66.1 Å². The van der Waals surface area contributed by atoms with E-state index < -0.39 is 10.0 Å². The van der Waals surface area contributed by atoms with Gasteiger partial charge in [-0.2, -0.15) is 9.40 Å². The Morgan fingerprint density at radius 2 is 2.33 bits per heavy atom. The smallest absolute Gasteiger partial charge is 0.259 e. The molecule has 1 aromatic rings. The number of rotatable bonds is 6.